The molecule has 0 bridgehead atoms. The third-order valence-electron chi connectivity index (χ3n) is 12.3. The van der Waals surface area contributed by atoms with Gasteiger partial charge in [0.2, 0.25) is 5.91 Å². The average Bonchev–Trinajstić information content (AvgIpc) is 3.21. The molecule has 364 valence electrons. The van der Waals surface area contributed by atoms with Crippen LogP contribution in [0.4, 0.5) is 0 Å². The highest BCUT2D eigenvalue weighted by Crippen LogP contribution is 2.43. The lowest BCUT2D eigenvalue weighted by molar-refractivity contribution is -0.870. The van der Waals surface area contributed by atoms with Crippen molar-refractivity contribution in [3.63, 3.8) is 0 Å². The van der Waals surface area contributed by atoms with Crippen LogP contribution in [0, 0.1) is 0 Å². The molecule has 0 saturated carbocycles. The molecule has 0 aromatic heterocycles. The van der Waals surface area contributed by atoms with E-state index in [4.69, 9.17) is 9.05 Å². The third kappa shape index (κ3) is 47.0. The van der Waals surface area contributed by atoms with Crippen LogP contribution in [0.5, 0.6) is 0 Å². The van der Waals surface area contributed by atoms with Crippen molar-refractivity contribution in [1.29, 1.82) is 0 Å². The van der Waals surface area contributed by atoms with Gasteiger partial charge in [0.1, 0.15) is 13.2 Å². The lowest BCUT2D eigenvalue weighted by Gasteiger charge is -2.25. The summed E-state index contributed by atoms with van der Waals surface area (Å²) in [6.45, 7) is 4.84. The topological polar surface area (TPSA) is 105 Å². The number of hydrogen-bond donors (Lipinski definition) is 3. The highest BCUT2D eigenvalue weighted by molar-refractivity contribution is 7.47. The van der Waals surface area contributed by atoms with Gasteiger partial charge >= 0.3 is 7.82 Å². The summed E-state index contributed by atoms with van der Waals surface area (Å²) >= 11 is 0. The van der Waals surface area contributed by atoms with Gasteiger partial charge in [0, 0.05) is 6.42 Å². The van der Waals surface area contributed by atoms with Gasteiger partial charge in [0.05, 0.1) is 39.9 Å². The number of aliphatic hydroxyl groups excluding tert-OH is 1. The van der Waals surface area contributed by atoms with E-state index in [1.807, 2.05) is 27.2 Å². The molecular formula is C52H106N2O6P+. The fourth-order valence-corrected chi connectivity index (χ4v) is 8.78. The second-order valence-electron chi connectivity index (χ2n) is 19.6. The number of hydrogen-bond acceptors (Lipinski definition) is 5. The van der Waals surface area contributed by atoms with Crippen LogP contribution in [0.1, 0.15) is 264 Å². The van der Waals surface area contributed by atoms with Gasteiger partial charge in [-0.05, 0) is 19.3 Å². The Bertz CT molecular complexity index is 1000. The molecule has 1 amide bonds. The van der Waals surface area contributed by atoms with Crippen LogP contribution in [0.3, 0.4) is 0 Å². The van der Waals surface area contributed by atoms with Crippen LogP contribution in [-0.4, -0.2) is 73.4 Å². The summed E-state index contributed by atoms with van der Waals surface area (Å²) in [5.41, 5.74) is 0. The summed E-state index contributed by atoms with van der Waals surface area (Å²) in [4.78, 5) is 23.2. The first kappa shape index (κ1) is 60.2. The molecule has 0 aliphatic rings. The number of allylic oxidation sites excluding steroid dienone is 1. The Morgan fingerprint density at radius 2 is 0.869 bits per heavy atom. The number of phosphoric acid groups is 1. The molecular weight excluding hydrogens is 780 g/mol. The van der Waals surface area contributed by atoms with Crippen LogP contribution in [0.15, 0.2) is 12.2 Å². The zero-order chi connectivity index (χ0) is 45.0. The molecule has 3 unspecified atom stereocenters. The number of phosphoric ester groups is 1. The number of amides is 1. The SMILES string of the molecule is CCCCCCCCCCCCC/C=C/C(O)C(COP(=O)(O)OCC[N+](C)(C)C)NC(=O)CCCCCCCCCCCCCCCCCCCCCCCCCCCC. The minimum absolute atomic E-state index is 0.0648. The molecule has 9 heteroatoms. The Morgan fingerprint density at radius 1 is 0.541 bits per heavy atom. The monoisotopic (exact) mass is 886 g/mol. The minimum atomic E-state index is -4.33. The predicted molar refractivity (Wildman–Crippen MR) is 263 cm³/mol. The van der Waals surface area contributed by atoms with Gasteiger partial charge in [-0.15, -0.1) is 0 Å². The first-order valence-corrected chi connectivity index (χ1v) is 28.1. The Balaban J connectivity index is 4.11. The fraction of sp³-hybridized carbons (Fsp3) is 0.942. The maximum atomic E-state index is 12.9. The number of aliphatic hydroxyl groups is 1. The van der Waals surface area contributed by atoms with Crippen molar-refractivity contribution < 1.29 is 32.9 Å². The van der Waals surface area contributed by atoms with Gasteiger partial charge in [0.25, 0.3) is 0 Å². The molecule has 3 N–H and O–H groups in total. The summed E-state index contributed by atoms with van der Waals surface area (Å²) < 4.78 is 23.6. The zero-order valence-electron chi connectivity index (χ0n) is 41.4. The second kappa shape index (κ2) is 44.4. The Morgan fingerprint density at radius 3 is 1.21 bits per heavy atom. The second-order valence-corrected chi connectivity index (χ2v) is 21.1. The summed E-state index contributed by atoms with van der Waals surface area (Å²) in [7, 11) is 1.59. The van der Waals surface area contributed by atoms with Crippen molar-refractivity contribution in [2.45, 2.75) is 276 Å². The number of carbonyl (C=O) groups is 1. The van der Waals surface area contributed by atoms with E-state index in [1.54, 1.807) is 6.08 Å². The van der Waals surface area contributed by atoms with Gasteiger partial charge < -0.3 is 19.8 Å². The molecule has 61 heavy (non-hydrogen) atoms. The van der Waals surface area contributed by atoms with Crippen LogP contribution in [0.25, 0.3) is 0 Å². The van der Waals surface area contributed by atoms with Crippen molar-refractivity contribution >= 4 is 13.7 Å². The zero-order valence-corrected chi connectivity index (χ0v) is 42.3. The van der Waals surface area contributed by atoms with Gasteiger partial charge in [-0.2, -0.15) is 0 Å². The van der Waals surface area contributed by atoms with Gasteiger partial charge in [-0.25, -0.2) is 4.57 Å². The fourth-order valence-electron chi connectivity index (χ4n) is 8.04. The lowest BCUT2D eigenvalue weighted by Crippen LogP contribution is -2.45. The molecule has 8 nitrogen and oxygen atoms in total. The Labute approximate surface area is 380 Å². The molecule has 0 aliphatic carbocycles. The number of quaternary nitrogens is 1. The first-order valence-electron chi connectivity index (χ1n) is 26.6. The van der Waals surface area contributed by atoms with Gasteiger partial charge in [-0.1, -0.05) is 251 Å². The van der Waals surface area contributed by atoms with E-state index in [-0.39, 0.29) is 19.1 Å². The first-order chi connectivity index (χ1) is 29.5. The van der Waals surface area contributed by atoms with Crippen molar-refractivity contribution in [1.82, 2.24) is 5.32 Å². The Kier molecular flexibility index (Phi) is 43.9. The largest absolute Gasteiger partial charge is 0.472 e. The maximum absolute atomic E-state index is 12.9. The third-order valence-corrected chi connectivity index (χ3v) is 13.2. The van der Waals surface area contributed by atoms with Crippen LogP contribution in [0.2, 0.25) is 0 Å². The lowest BCUT2D eigenvalue weighted by atomic mass is 10.0. The normalized spacial score (nSPS) is 14.1. The van der Waals surface area contributed by atoms with Gasteiger partial charge in [0.15, 0.2) is 0 Å². The molecule has 3 atom stereocenters. The van der Waals surface area contributed by atoms with E-state index in [0.29, 0.717) is 17.4 Å². The van der Waals surface area contributed by atoms with Crippen molar-refractivity contribution in [2.75, 3.05) is 40.9 Å². The molecule has 0 saturated heterocycles. The highest BCUT2D eigenvalue weighted by Gasteiger charge is 2.27. The van der Waals surface area contributed by atoms with Crippen LogP contribution in [-0.2, 0) is 18.4 Å². The summed E-state index contributed by atoms with van der Waals surface area (Å²) in [6.07, 6.45) is 53.0. The number of nitrogens with zero attached hydrogens (tertiary/aromatic N) is 1. The van der Waals surface area contributed by atoms with E-state index in [9.17, 15) is 19.4 Å². The van der Waals surface area contributed by atoms with Crippen molar-refractivity contribution in [3.05, 3.63) is 12.2 Å². The van der Waals surface area contributed by atoms with Crippen LogP contribution >= 0.6 is 7.82 Å². The number of rotatable bonds is 49. The van der Waals surface area contributed by atoms with E-state index >= 15 is 0 Å². The minimum Gasteiger partial charge on any atom is -0.387 e. The maximum Gasteiger partial charge on any atom is 0.472 e. The predicted octanol–water partition coefficient (Wildman–Crippen LogP) is 15.5. The number of likely N-dealkylation sites (N-methyl/N-ethyl adjacent to an activating group) is 1. The summed E-state index contributed by atoms with van der Waals surface area (Å²) in [5, 5.41) is 13.9. The number of unbranched alkanes of at least 4 members (excludes halogenated alkanes) is 36. The van der Waals surface area contributed by atoms with Gasteiger partial charge in [-0.3, -0.25) is 13.8 Å². The average molecular weight is 886 g/mol. The smallest absolute Gasteiger partial charge is 0.387 e. The van der Waals surface area contributed by atoms with E-state index in [1.165, 1.54) is 205 Å². The van der Waals surface area contributed by atoms with Crippen LogP contribution < -0.4 is 5.32 Å². The molecule has 0 spiro atoms. The Hall–Kier alpha value is -0.760. The van der Waals surface area contributed by atoms with E-state index < -0.39 is 20.0 Å². The molecule has 0 aromatic carbocycles. The standard InChI is InChI=1S/C52H105N2O6P/c1-6-8-10-12-14-16-18-20-21-22-23-24-25-26-27-28-29-30-31-32-34-36-38-40-42-44-46-52(56)53-50(49-60-61(57,58)59-48-47-54(3,4)5)51(55)45-43-41-39-37-35-33-19-17-15-13-11-9-7-2/h43,45,50-51,55H,6-42,44,46-49H2,1-5H3,(H-,53,56,57,58)/p+1/b45-43+. The summed E-state index contributed by atoms with van der Waals surface area (Å²) in [6, 6.07) is -0.840. The summed E-state index contributed by atoms with van der Waals surface area (Å²) in [5.74, 6) is -0.172. The van der Waals surface area contributed by atoms with Crippen molar-refractivity contribution in [3.8, 4) is 0 Å². The van der Waals surface area contributed by atoms with E-state index in [0.717, 1.165) is 38.5 Å². The molecule has 0 rings (SSSR count). The molecule has 0 radical (unpaired) electrons. The highest BCUT2D eigenvalue weighted by atomic mass is 31.2. The molecule has 0 heterocycles. The van der Waals surface area contributed by atoms with Crippen molar-refractivity contribution in [2.24, 2.45) is 0 Å². The molecule has 0 aliphatic heterocycles. The number of nitrogens with one attached hydrogen (secondary N) is 1. The van der Waals surface area contributed by atoms with E-state index in [2.05, 4.69) is 19.2 Å². The molecule has 0 fully saturated rings. The number of carbonyl (C=O) groups excluding carboxylic acids is 1. The quantitative estimate of drug-likeness (QED) is 0.0243. The molecule has 0 aromatic rings.